The monoisotopic (exact) mass is 294 g/mol. The van der Waals surface area contributed by atoms with Crippen LogP contribution in [0.25, 0.3) is 0 Å². The highest BCUT2D eigenvalue weighted by atomic mass is 79.9. The SMILES string of the molecule is CON(C)S(=O)(=O)c1cc(N)ccc1Br. The standard InChI is InChI=1S/C8H11BrN2O3S/c1-11(14-2)15(12,13)8-5-6(10)3-4-7(8)9/h3-5H,10H2,1-2H3. The number of benzene rings is 1. The van der Waals surface area contributed by atoms with Gasteiger partial charge < -0.3 is 5.73 Å². The van der Waals surface area contributed by atoms with E-state index in [2.05, 4.69) is 20.8 Å². The van der Waals surface area contributed by atoms with Crippen LogP contribution in [0.5, 0.6) is 0 Å². The zero-order valence-corrected chi connectivity index (χ0v) is 10.7. The van der Waals surface area contributed by atoms with Crippen LogP contribution in [0.2, 0.25) is 0 Å². The molecule has 0 saturated carbocycles. The Hall–Kier alpha value is -0.630. The summed E-state index contributed by atoms with van der Waals surface area (Å²) in [7, 11) is -1.07. The molecule has 1 rings (SSSR count). The predicted octanol–water partition coefficient (Wildman–Crippen LogP) is 1.21. The number of rotatable bonds is 3. The minimum absolute atomic E-state index is 0.0758. The van der Waals surface area contributed by atoms with Crippen LogP contribution >= 0.6 is 15.9 Å². The van der Waals surface area contributed by atoms with Gasteiger partial charge in [-0.3, -0.25) is 4.84 Å². The smallest absolute Gasteiger partial charge is 0.265 e. The van der Waals surface area contributed by atoms with E-state index in [1.54, 1.807) is 12.1 Å². The van der Waals surface area contributed by atoms with Crippen molar-refractivity contribution in [2.24, 2.45) is 0 Å². The van der Waals surface area contributed by atoms with Crippen molar-refractivity contribution < 1.29 is 13.3 Å². The molecular weight excluding hydrogens is 284 g/mol. The Morgan fingerprint density at radius 1 is 1.47 bits per heavy atom. The minimum atomic E-state index is -3.66. The van der Waals surface area contributed by atoms with Gasteiger partial charge in [-0.2, -0.15) is 0 Å². The maximum absolute atomic E-state index is 11.9. The fraction of sp³-hybridized carbons (Fsp3) is 0.250. The van der Waals surface area contributed by atoms with E-state index in [9.17, 15) is 8.42 Å². The number of sulfonamides is 1. The Morgan fingerprint density at radius 2 is 2.07 bits per heavy atom. The first-order valence-corrected chi connectivity index (χ1v) is 6.21. The van der Waals surface area contributed by atoms with E-state index in [4.69, 9.17) is 5.73 Å². The van der Waals surface area contributed by atoms with Gasteiger partial charge in [0.05, 0.1) is 7.11 Å². The molecule has 0 aliphatic rings. The molecule has 0 heterocycles. The quantitative estimate of drug-likeness (QED) is 0.672. The van der Waals surface area contributed by atoms with E-state index in [0.29, 0.717) is 10.2 Å². The summed E-state index contributed by atoms with van der Waals surface area (Å²) in [6.07, 6.45) is 0. The highest BCUT2D eigenvalue weighted by molar-refractivity contribution is 9.10. The second kappa shape index (κ2) is 4.48. The van der Waals surface area contributed by atoms with Gasteiger partial charge in [0.1, 0.15) is 4.90 Å². The average Bonchev–Trinajstić information content (AvgIpc) is 2.20. The zero-order chi connectivity index (χ0) is 11.6. The summed E-state index contributed by atoms with van der Waals surface area (Å²) in [4.78, 5) is 4.72. The number of hydrogen-bond acceptors (Lipinski definition) is 4. The molecule has 0 atom stereocenters. The molecule has 2 N–H and O–H groups in total. The third-order valence-electron chi connectivity index (χ3n) is 1.83. The molecule has 1 aromatic carbocycles. The lowest BCUT2D eigenvalue weighted by Crippen LogP contribution is -2.26. The molecule has 1 aromatic rings. The summed E-state index contributed by atoms with van der Waals surface area (Å²) in [5.41, 5.74) is 5.90. The Kier molecular flexibility index (Phi) is 3.72. The summed E-state index contributed by atoms with van der Waals surface area (Å²) in [6, 6.07) is 4.55. The first kappa shape index (κ1) is 12.4. The number of nitrogens with zero attached hydrogens (tertiary/aromatic N) is 1. The van der Waals surface area contributed by atoms with E-state index in [0.717, 1.165) is 4.47 Å². The number of halogens is 1. The topological polar surface area (TPSA) is 72.6 Å². The van der Waals surface area contributed by atoms with E-state index in [1.807, 2.05) is 0 Å². The van der Waals surface area contributed by atoms with Gasteiger partial charge >= 0.3 is 0 Å². The molecule has 0 bridgehead atoms. The van der Waals surface area contributed by atoms with Crippen molar-refractivity contribution in [3.8, 4) is 0 Å². The molecule has 0 amide bonds. The minimum Gasteiger partial charge on any atom is -0.399 e. The lowest BCUT2D eigenvalue weighted by Gasteiger charge is -2.15. The predicted molar refractivity (Wildman–Crippen MR) is 60.5 cm³/mol. The normalized spacial score (nSPS) is 12.0. The van der Waals surface area contributed by atoms with Crippen molar-refractivity contribution in [2.75, 3.05) is 19.9 Å². The number of nitrogen functional groups attached to an aromatic ring is 1. The van der Waals surface area contributed by atoms with E-state index >= 15 is 0 Å². The second-order valence-corrected chi connectivity index (χ2v) is 5.55. The van der Waals surface area contributed by atoms with Crippen molar-refractivity contribution in [3.63, 3.8) is 0 Å². The van der Waals surface area contributed by atoms with Gasteiger partial charge in [-0.05, 0) is 34.1 Å². The van der Waals surface area contributed by atoms with Gasteiger partial charge in [-0.15, -0.1) is 0 Å². The van der Waals surface area contributed by atoms with E-state index in [-0.39, 0.29) is 4.90 Å². The van der Waals surface area contributed by atoms with Crippen LogP contribution in [0.4, 0.5) is 5.69 Å². The van der Waals surface area contributed by atoms with Crippen LogP contribution < -0.4 is 5.73 Å². The van der Waals surface area contributed by atoms with Gasteiger partial charge in [-0.1, -0.05) is 4.47 Å². The molecule has 0 aliphatic heterocycles. The van der Waals surface area contributed by atoms with Crippen molar-refractivity contribution >= 4 is 31.6 Å². The van der Waals surface area contributed by atoms with Crippen molar-refractivity contribution in [1.82, 2.24) is 4.47 Å². The highest BCUT2D eigenvalue weighted by Gasteiger charge is 2.23. The molecule has 15 heavy (non-hydrogen) atoms. The van der Waals surface area contributed by atoms with Crippen LogP contribution in [0.15, 0.2) is 27.6 Å². The Morgan fingerprint density at radius 3 is 2.60 bits per heavy atom. The van der Waals surface area contributed by atoms with Crippen molar-refractivity contribution in [3.05, 3.63) is 22.7 Å². The van der Waals surface area contributed by atoms with Crippen molar-refractivity contribution in [2.45, 2.75) is 4.90 Å². The van der Waals surface area contributed by atoms with Crippen LogP contribution in [0.3, 0.4) is 0 Å². The summed E-state index contributed by atoms with van der Waals surface area (Å²) in [5, 5.41) is 0. The molecule has 0 unspecified atom stereocenters. The summed E-state index contributed by atoms with van der Waals surface area (Å²) >= 11 is 3.15. The van der Waals surface area contributed by atoms with Gasteiger partial charge in [0, 0.05) is 17.2 Å². The third-order valence-corrected chi connectivity index (χ3v) is 4.50. The molecule has 0 fully saturated rings. The first-order chi connectivity index (χ1) is 6.89. The lowest BCUT2D eigenvalue weighted by molar-refractivity contribution is -0.0259. The summed E-state index contributed by atoms with van der Waals surface area (Å²) in [6.45, 7) is 0. The van der Waals surface area contributed by atoms with Crippen LogP contribution in [-0.4, -0.2) is 27.0 Å². The van der Waals surface area contributed by atoms with Crippen LogP contribution in [0, 0.1) is 0 Å². The molecule has 0 radical (unpaired) electrons. The lowest BCUT2D eigenvalue weighted by atomic mass is 10.3. The van der Waals surface area contributed by atoms with Gasteiger partial charge in [-0.25, -0.2) is 8.42 Å². The zero-order valence-electron chi connectivity index (χ0n) is 8.27. The summed E-state index contributed by atoms with van der Waals surface area (Å²) in [5.74, 6) is 0. The maximum atomic E-state index is 11.9. The van der Waals surface area contributed by atoms with Crippen LogP contribution in [0.1, 0.15) is 0 Å². The fourth-order valence-corrected chi connectivity index (χ4v) is 2.89. The second-order valence-electron chi connectivity index (χ2n) is 2.79. The fourth-order valence-electron chi connectivity index (χ4n) is 0.954. The molecule has 0 aliphatic carbocycles. The molecule has 7 heteroatoms. The number of hydroxylamine groups is 1. The van der Waals surface area contributed by atoms with Gasteiger partial charge in [0.2, 0.25) is 0 Å². The van der Waals surface area contributed by atoms with E-state index < -0.39 is 10.0 Å². The number of anilines is 1. The third kappa shape index (κ3) is 2.49. The first-order valence-electron chi connectivity index (χ1n) is 3.97. The van der Waals surface area contributed by atoms with Crippen molar-refractivity contribution in [1.29, 1.82) is 0 Å². The molecular formula is C8H11BrN2O3S. The molecule has 0 aromatic heterocycles. The largest absolute Gasteiger partial charge is 0.399 e. The molecule has 0 spiro atoms. The Bertz CT molecular complexity index is 461. The molecule has 0 saturated heterocycles. The van der Waals surface area contributed by atoms with E-state index in [1.165, 1.54) is 20.2 Å². The molecule has 5 nitrogen and oxygen atoms in total. The van der Waals surface area contributed by atoms with Gasteiger partial charge in [0.25, 0.3) is 10.0 Å². The van der Waals surface area contributed by atoms with Crippen LogP contribution in [-0.2, 0) is 14.9 Å². The van der Waals surface area contributed by atoms with Gasteiger partial charge in [0.15, 0.2) is 0 Å². The average molecular weight is 295 g/mol. The number of nitrogens with two attached hydrogens (primary N) is 1. The number of hydrogen-bond donors (Lipinski definition) is 1. The Balaban J connectivity index is 3.33. The maximum Gasteiger partial charge on any atom is 0.265 e. The molecule has 84 valence electrons. The summed E-state index contributed by atoms with van der Waals surface area (Å²) < 4.78 is 24.9. The highest BCUT2D eigenvalue weighted by Crippen LogP contribution is 2.26. The Labute approximate surface area is 97.0 Å².